The van der Waals surface area contributed by atoms with Gasteiger partial charge in [0.05, 0.1) is 29.1 Å². The van der Waals surface area contributed by atoms with Crippen LogP contribution in [0, 0.1) is 0 Å². The maximum atomic E-state index is 12.7. The molecule has 0 radical (unpaired) electrons. The van der Waals surface area contributed by atoms with Gasteiger partial charge in [0.1, 0.15) is 6.54 Å². The number of likely N-dealkylation sites (tertiary alicyclic amines) is 1. The predicted octanol–water partition coefficient (Wildman–Crippen LogP) is 1.98. The molecule has 1 atom stereocenters. The monoisotopic (exact) mass is 336 g/mol. The largest absolute Gasteiger partial charge is 0.339 e. The van der Waals surface area contributed by atoms with Crippen LogP contribution in [-0.2, 0) is 11.3 Å². The number of rotatable bonds is 4. The maximum absolute atomic E-state index is 12.7. The van der Waals surface area contributed by atoms with Crippen molar-refractivity contribution < 1.29 is 4.79 Å². The Kier molecular flexibility index (Phi) is 3.33. The number of carbonyl (C=O) groups excluding carboxylic acids is 1. The summed E-state index contributed by atoms with van der Waals surface area (Å²) in [5, 5.41) is 8.57. The highest BCUT2D eigenvalue weighted by atomic mass is 16.2. The van der Waals surface area contributed by atoms with E-state index in [1.807, 2.05) is 38.4 Å². The quantitative estimate of drug-likeness (QED) is 0.730. The zero-order chi connectivity index (χ0) is 16.8. The summed E-state index contributed by atoms with van der Waals surface area (Å²) in [6, 6.07) is 8.13. The molecule has 0 N–H and O–H groups in total. The number of amides is 1. The van der Waals surface area contributed by atoms with Crippen molar-refractivity contribution in [2.45, 2.75) is 37.8 Å². The van der Waals surface area contributed by atoms with Gasteiger partial charge in [-0.25, -0.2) is 9.67 Å². The molecule has 0 bridgehead atoms. The summed E-state index contributed by atoms with van der Waals surface area (Å²) in [6.07, 6.45) is 7.21. The number of aromatic nitrogens is 5. The third kappa shape index (κ3) is 2.69. The number of para-hydroxylation sites is 2. The van der Waals surface area contributed by atoms with E-state index in [-0.39, 0.29) is 11.9 Å². The van der Waals surface area contributed by atoms with Crippen LogP contribution in [0.4, 0.5) is 0 Å². The molecule has 1 aromatic carbocycles. The van der Waals surface area contributed by atoms with Crippen LogP contribution in [0.1, 0.15) is 36.9 Å². The lowest BCUT2D eigenvalue weighted by Gasteiger charge is -2.17. The van der Waals surface area contributed by atoms with Crippen LogP contribution in [0.2, 0.25) is 0 Å². The second-order valence-electron chi connectivity index (χ2n) is 7.04. The summed E-state index contributed by atoms with van der Waals surface area (Å²) in [4.78, 5) is 19.0. The van der Waals surface area contributed by atoms with Crippen LogP contribution in [-0.4, -0.2) is 48.4 Å². The molecule has 0 spiro atoms. The second kappa shape index (κ2) is 5.68. The average molecular weight is 336 g/mol. The van der Waals surface area contributed by atoms with Crippen molar-refractivity contribution in [3.05, 3.63) is 42.5 Å². The number of benzene rings is 1. The molecule has 3 heterocycles. The van der Waals surface area contributed by atoms with Gasteiger partial charge in [0, 0.05) is 25.2 Å². The molecule has 7 nitrogen and oxygen atoms in total. The Balaban J connectivity index is 1.26. The lowest BCUT2D eigenvalue weighted by Crippen LogP contribution is -2.32. The first-order chi connectivity index (χ1) is 12.3. The molecule has 0 unspecified atom stereocenters. The van der Waals surface area contributed by atoms with E-state index in [4.69, 9.17) is 0 Å². The molecule has 2 aliphatic rings. The highest BCUT2D eigenvalue weighted by Crippen LogP contribution is 2.39. The first kappa shape index (κ1) is 14.6. The predicted molar refractivity (Wildman–Crippen MR) is 92.0 cm³/mol. The fourth-order valence-electron chi connectivity index (χ4n) is 3.60. The first-order valence-electron chi connectivity index (χ1n) is 8.87. The zero-order valence-electron chi connectivity index (χ0n) is 14.0. The Morgan fingerprint density at radius 2 is 2.08 bits per heavy atom. The van der Waals surface area contributed by atoms with Gasteiger partial charge in [0.25, 0.3) is 0 Å². The van der Waals surface area contributed by atoms with Gasteiger partial charge in [-0.2, -0.15) is 0 Å². The molecule has 5 rings (SSSR count). The van der Waals surface area contributed by atoms with Crippen molar-refractivity contribution in [3.8, 4) is 0 Å². The third-order valence-electron chi connectivity index (χ3n) is 5.25. The minimum atomic E-state index is 0.133. The topological polar surface area (TPSA) is 68.8 Å². The molecular weight excluding hydrogens is 316 g/mol. The van der Waals surface area contributed by atoms with Gasteiger partial charge in [-0.1, -0.05) is 17.3 Å². The smallest absolute Gasteiger partial charge is 0.242 e. The molecule has 1 saturated carbocycles. The van der Waals surface area contributed by atoms with Crippen LogP contribution < -0.4 is 0 Å². The Labute approximate surface area is 145 Å². The van der Waals surface area contributed by atoms with Gasteiger partial charge in [0.2, 0.25) is 5.91 Å². The molecule has 2 fully saturated rings. The fourth-order valence-corrected chi connectivity index (χ4v) is 3.60. The lowest BCUT2D eigenvalue weighted by molar-refractivity contribution is -0.130. The summed E-state index contributed by atoms with van der Waals surface area (Å²) in [5.41, 5.74) is 3.02. The minimum Gasteiger partial charge on any atom is -0.339 e. The Morgan fingerprint density at radius 1 is 1.20 bits per heavy atom. The van der Waals surface area contributed by atoms with E-state index in [2.05, 4.69) is 21.5 Å². The van der Waals surface area contributed by atoms with Crippen molar-refractivity contribution >= 4 is 16.9 Å². The van der Waals surface area contributed by atoms with Gasteiger partial charge in [0.15, 0.2) is 0 Å². The summed E-state index contributed by atoms with van der Waals surface area (Å²) in [5.74, 6) is 0.746. The number of hydrogen-bond donors (Lipinski definition) is 0. The van der Waals surface area contributed by atoms with E-state index in [0.29, 0.717) is 19.0 Å². The molecule has 2 aromatic heterocycles. The lowest BCUT2D eigenvalue weighted by atomic mass is 10.2. The van der Waals surface area contributed by atoms with E-state index in [1.54, 1.807) is 6.33 Å². The van der Waals surface area contributed by atoms with E-state index in [1.165, 1.54) is 12.8 Å². The number of nitrogens with zero attached hydrogens (tertiary/aromatic N) is 6. The van der Waals surface area contributed by atoms with E-state index in [9.17, 15) is 4.79 Å². The Bertz CT molecular complexity index is 924. The fraction of sp³-hybridized carbons (Fsp3) is 0.444. The van der Waals surface area contributed by atoms with Gasteiger partial charge >= 0.3 is 0 Å². The van der Waals surface area contributed by atoms with Crippen LogP contribution in [0.5, 0.6) is 0 Å². The van der Waals surface area contributed by atoms with Crippen LogP contribution in [0.25, 0.3) is 11.0 Å². The molecule has 7 heteroatoms. The van der Waals surface area contributed by atoms with Gasteiger partial charge < -0.3 is 9.47 Å². The molecule has 1 aliphatic carbocycles. The first-order valence-corrected chi connectivity index (χ1v) is 8.87. The van der Waals surface area contributed by atoms with Crippen LogP contribution in [0.15, 0.2) is 36.8 Å². The summed E-state index contributed by atoms with van der Waals surface area (Å²) in [7, 11) is 0. The summed E-state index contributed by atoms with van der Waals surface area (Å²) >= 11 is 0. The molecule has 25 heavy (non-hydrogen) atoms. The molecule has 128 valence electrons. The second-order valence-corrected chi connectivity index (χ2v) is 7.04. The van der Waals surface area contributed by atoms with Gasteiger partial charge in [-0.15, -0.1) is 5.10 Å². The molecule has 1 saturated heterocycles. The minimum absolute atomic E-state index is 0.133. The van der Waals surface area contributed by atoms with Crippen LogP contribution >= 0.6 is 0 Å². The van der Waals surface area contributed by atoms with E-state index >= 15 is 0 Å². The number of hydrogen-bond acceptors (Lipinski definition) is 4. The van der Waals surface area contributed by atoms with Crippen molar-refractivity contribution in [3.63, 3.8) is 0 Å². The number of fused-ring (bicyclic) bond motifs is 1. The average Bonchev–Trinajstić information content (AvgIpc) is 3.04. The number of carbonyl (C=O) groups is 1. The highest BCUT2D eigenvalue weighted by Gasteiger charge is 2.31. The van der Waals surface area contributed by atoms with E-state index < -0.39 is 0 Å². The third-order valence-corrected chi connectivity index (χ3v) is 5.25. The van der Waals surface area contributed by atoms with Crippen LogP contribution in [0.3, 0.4) is 0 Å². The van der Waals surface area contributed by atoms with Crippen molar-refractivity contribution in [1.29, 1.82) is 0 Å². The van der Waals surface area contributed by atoms with Crippen molar-refractivity contribution in [1.82, 2.24) is 29.4 Å². The summed E-state index contributed by atoms with van der Waals surface area (Å²) < 4.78 is 3.87. The standard InChI is InChI=1S/C18H20N6O/c25-18(11-23-12-19-15-3-1-2-4-17(15)23)22-8-7-14(9-22)24-10-16(20-21-24)13-5-6-13/h1-4,10,12-14H,5-9,11H2/t14-/m0/s1. The zero-order valence-corrected chi connectivity index (χ0v) is 14.0. The number of imidazole rings is 1. The van der Waals surface area contributed by atoms with Gasteiger partial charge in [-0.05, 0) is 31.4 Å². The molecule has 1 amide bonds. The van der Waals surface area contributed by atoms with Gasteiger partial charge in [-0.3, -0.25) is 4.79 Å². The normalized spacial score (nSPS) is 20.5. The Morgan fingerprint density at radius 3 is 2.96 bits per heavy atom. The maximum Gasteiger partial charge on any atom is 0.242 e. The SMILES string of the molecule is O=C(Cn1cnc2ccccc21)N1CC[C@H](n2cc(C3CC3)nn2)C1. The van der Waals surface area contributed by atoms with E-state index in [0.717, 1.165) is 29.7 Å². The molecule has 1 aliphatic heterocycles. The summed E-state index contributed by atoms with van der Waals surface area (Å²) in [6.45, 7) is 1.81. The highest BCUT2D eigenvalue weighted by molar-refractivity contribution is 5.80. The molecular formula is C18H20N6O. The van der Waals surface area contributed by atoms with Crippen molar-refractivity contribution in [2.24, 2.45) is 0 Å². The van der Waals surface area contributed by atoms with Crippen molar-refractivity contribution in [2.75, 3.05) is 13.1 Å². The Hall–Kier alpha value is -2.70. The molecule has 3 aromatic rings.